The predicted molar refractivity (Wildman–Crippen MR) is 123 cm³/mol. The van der Waals surface area contributed by atoms with Crippen LogP contribution in [0.2, 0.25) is 0 Å². The molecule has 1 aromatic heterocycles. The van der Waals surface area contributed by atoms with E-state index in [2.05, 4.69) is 17.1 Å². The number of benzene rings is 2. The number of hydrogen-bond acceptors (Lipinski definition) is 6. The maximum absolute atomic E-state index is 12.6. The van der Waals surface area contributed by atoms with Crippen LogP contribution < -0.4 is 4.74 Å². The zero-order valence-electron chi connectivity index (χ0n) is 19.6. The zero-order chi connectivity index (χ0) is 25.2. The number of carboxylic acid groups (broad SMARTS) is 2. The highest BCUT2D eigenvalue weighted by atomic mass is 16.5. The van der Waals surface area contributed by atoms with E-state index < -0.39 is 11.9 Å². The maximum atomic E-state index is 12.6. The fourth-order valence-electron chi connectivity index (χ4n) is 3.85. The number of hydrogen-bond donors (Lipinski definition) is 2. The topological polar surface area (TPSA) is 131 Å². The van der Waals surface area contributed by atoms with Crippen molar-refractivity contribution in [3.63, 3.8) is 0 Å². The first kappa shape index (κ1) is 24.7. The Kier molecular flexibility index (Phi) is 7.21. The summed E-state index contributed by atoms with van der Waals surface area (Å²) in [6.07, 6.45) is 0.486. The standard InChI is InChI=1S/C22H25N3O3.C2H2O4/c1-13-23-20-17(25(13)4)10-15(22(26)24(2)3)12-18(20)28-21-16-9-7-6-8-14(16)11-19(21)27-5;3-1(4)2(5)6/h6-10,12,19,21H,11H2,1-5H3;(H,3,4)(H,5,6). The van der Waals surface area contributed by atoms with Crippen LogP contribution in [0, 0.1) is 6.92 Å². The minimum absolute atomic E-state index is 0.0688. The SMILES string of the molecule is COC1Cc2ccccc2C1Oc1cc(C(=O)N(C)C)cc2c1nc(C)n2C.O=C(O)C(=O)O. The Morgan fingerprint density at radius 2 is 1.76 bits per heavy atom. The normalized spacial score (nSPS) is 16.4. The average molecular weight is 469 g/mol. The zero-order valence-corrected chi connectivity index (χ0v) is 19.6. The molecule has 1 amide bonds. The molecule has 2 aromatic carbocycles. The number of carbonyl (C=O) groups excluding carboxylic acids is 1. The smallest absolute Gasteiger partial charge is 0.414 e. The molecule has 10 nitrogen and oxygen atoms in total. The lowest BCUT2D eigenvalue weighted by molar-refractivity contribution is -0.159. The molecule has 3 aromatic rings. The number of aromatic nitrogens is 2. The molecule has 4 rings (SSSR count). The van der Waals surface area contributed by atoms with Gasteiger partial charge < -0.3 is 29.2 Å². The van der Waals surface area contributed by atoms with Crippen molar-refractivity contribution >= 4 is 28.9 Å². The van der Waals surface area contributed by atoms with Gasteiger partial charge in [-0.1, -0.05) is 24.3 Å². The van der Waals surface area contributed by atoms with Gasteiger partial charge in [0, 0.05) is 40.2 Å². The number of fused-ring (bicyclic) bond motifs is 2. The van der Waals surface area contributed by atoms with Crippen molar-refractivity contribution in [2.75, 3.05) is 21.2 Å². The monoisotopic (exact) mass is 469 g/mol. The first-order valence-corrected chi connectivity index (χ1v) is 10.5. The van der Waals surface area contributed by atoms with Crippen molar-refractivity contribution in [3.05, 3.63) is 58.9 Å². The predicted octanol–water partition coefficient (Wildman–Crippen LogP) is 2.43. The van der Waals surface area contributed by atoms with Crippen molar-refractivity contribution < 1.29 is 34.1 Å². The molecule has 0 saturated carbocycles. The lowest BCUT2D eigenvalue weighted by Gasteiger charge is -2.22. The van der Waals surface area contributed by atoms with Crippen LogP contribution in [0.5, 0.6) is 5.75 Å². The summed E-state index contributed by atoms with van der Waals surface area (Å²) in [5.41, 5.74) is 4.57. The van der Waals surface area contributed by atoms with Gasteiger partial charge in [-0.05, 0) is 30.2 Å². The summed E-state index contributed by atoms with van der Waals surface area (Å²) < 4.78 is 14.2. The Hall–Kier alpha value is -3.92. The van der Waals surface area contributed by atoms with E-state index in [1.54, 1.807) is 32.2 Å². The number of amides is 1. The lowest BCUT2D eigenvalue weighted by atomic mass is 10.1. The van der Waals surface area contributed by atoms with E-state index in [-0.39, 0.29) is 18.1 Å². The van der Waals surface area contributed by atoms with Crippen LogP contribution in [0.25, 0.3) is 11.0 Å². The quantitative estimate of drug-likeness (QED) is 0.557. The molecule has 0 radical (unpaired) electrons. The minimum Gasteiger partial charge on any atom is -0.481 e. The van der Waals surface area contributed by atoms with Crippen molar-refractivity contribution in [2.45, 2.75) is 25.6 Å². The average Bonchev–Trinajstić information content (AvgIpc) is 3.30. The molecule has 2 atom stereocenters. The van der Waals surface area contributed by atoms with Gasteiger partial charge in [-0.2, -0.15) is 0 Å². The highest BCUT2D eigenvalue weighted by Gasteiger charge is 2.35. The van der Waals surface area contributed by atoms with Gasteiger partial charge in [0.15, 0.2) is 6.10 Å². The Bertz CT molecular complexity index is 1240. The molecular formula is C24H27N3O7. The van der Waals surface area contributed by atoms with Gasteiger partial charge in [-0.25, -0.2) is 14.6 Å². The molecule has 10 heteroatoms. The second kappa shape index (κ2) is 9.92. The molecule has 0 bridgehead atoms. The Morgan fingerprint density at radius 1 is 1.12 bits per heavy atom. The summed E-state index contributed by atoms with van der Waals surface area (Å²) in [5, 5.41) is 14.8. The fraction of sp³-hybridized carbons (Fsp3) is 0.333. The number of methoxy groups -OCH3 is 1. The van der Waals surface area contributed by atoms with Gasteiger partial charge in [0.25, 0.3) is 5.91 Å². The van der Waals surface area contributed by atoms with Crippen molar-refractivity contribution in [2.24, 2.45) is 7.05 Å². The molecule has 0 spiro atoms. The molecule has 0 fully saturated rings. The summed E-state index contributed by atoms with van der Waals surface area (Å²) >= 11 is 0. The highest BCUT2D eigenvalue weighted by molar-refractivity contribution is 6.27. The minimum atomic E-state index is -1.82. The molecule has 1 aliphatic rings. The Morgan fingerprint density at radius 3 is 2.35 bits per heavy atom. The highest BCUT2D eigenvalue weighted by Crippen LogP contribution is 2.39. The van der Waals surface area contributed by atoms with E-state index in [1.165, 1.54) is 5.56 Å². The first-order valence-electron chi connectivity index (χ1n) is 10.5. The van der Waals surface area contributed by atoms with Gasteiger partial charge in [0.1, 0.15) is 23.2 Å². The number of aryl methyl sites for hydroxylation is 2. The van der Waals surface area contributed by atoms with Crippen LogP contribution in [0.4, 0.5) is 0 Å². The second-order valence-electron chi connectivity index (χ2n) is 8.09. The molecule has 180 valence electrons. The Labute approximate surface area is 196 Å². The Balaban J connectivity index is 0.000000481. The number of imidazole rings is 1. The van der Waals surface area contributed by atoms with Crippen LogP contribution in [0.3, 0.4) is 0 Å². The third kappa shape index (κ3) is 4.86. The molecule has 1 heterocycles. The van der Waals surface area contributed by atoms with E-state index in [9.17, 15) is 4.79 Å². The summed E-state index contributed by atoms with van der Waals surface area (Å²) in [5.74, 6) is -2.25. The number of nitrogens with zero attached hydrogens (tertiary/aromatic N) is 3. The number of aliphatic carboxylic acids is 2. The number of carboxylic acids is 2. The third-order valence-electron chi connectivity index (χ3n) is 5.69. The fourth-order valence-corrected chi connectivity index (χ4v) is 3.85. The summed E-state index contributed by atoms with van der Waals surface area (Å²) in [7, 11) is 7.14. The first-order chi connectivity index (χ1) is 16.0. The molecule has 2 unspecified atom stereocenters. The molecule has 0 saturated heterocycles. The summed E-state index contributed by atoms with van der Waals surface area (Å²) in [6.45, 7) is 1.94. The summed E-state index contributed by atoms with van der Waals surface area (Å²) in [6, 6.07) is 11.9. The van der Waals surface area contributed by atoms with E-state index >= 15 is 0 Å². The molecule has 34 heavy (non-hydrogen) atoms. The van der Waals surface area contributed by atoms with Gasteiger partial charge in [-0.15, -0.1) is 0 Å². The van der Waals surface area contributed by atoms with Gasteiger partial charge in [0.05, 0.1) is 5.52 Å². The van der Waals surface area contributed by atoms with Gasteiger partial charge in [0.2, 0.25) is 0 Å². The number of carbonyl (C=O) groups is 3. The largest absolute Gasteiger partial charge is 0.481 e. The third-order valence-corrected chi connectivity index (χ3v) is 5.69. The molecule has 2 N–H and O–H groups in total. The van der Waals surface area contributed by atoms with E-state index in [4.69, 9.17) is 29.3 Å². The van der Waals surface area contributed by atoms with E-state index in [0.717, 1.165) is 28.8 Å². The van der Waals surface area contributed by atoms with Gasteiger partial charge >= 0.3 is 11.9 Å². The van der Waals surface area contributed by atoms with Crippen LogP contribution in [0.1, 0.15) is 33.4 Å². The van der Waals surface area contributed by atoms with Crippen LogP contribution >= 0.6 is 0 Å². The van der Waals surface area contributed by atoms with Crippen LogP contribution in [-0.2, 0) is 27.8 Å². The summed E-state index contributed by atoms with van der Waals surface area (Å²) in [4.78, 5) is 37.1. The molecule has 1 aliphatic carbocycles. The van der Waals surface area contributed by atoms with Gasteiger partial charge in [-0.3, -0.25) is 4.79 Å². The van der Waals surface area contributed by atoms with E-state index in [1.807, 2.05) is 36.7 Å². The second-order valence-corrected chi connectivity index (χ2v) is 8.09. The number of ether oxygens (including phenoxy) is 2. The lowest BCUT2D eigenvalue weighted by Crippen LogP contribution is -2.23. The van der Waals surface area contributed by atoms with Crippen LogP contribution in [0.15, 0.2) is 36.4 Å². The maximum Gasteiger partial charge on any atom is 0.414 e. The van der Waals surface area contributed by atoms with Crippen molar-refractivity contribution in [1.82, 2.24) is 14.5 Å². The van der Waals surface area contributed by atoms with E-state index in [0.29, 0.717) is 11.3 Å². The molecular weight excluding hydrogens is 442 g/mol. The molecule has 0 aliphatic heterocycles. The van der Waals surface area contributed by atoms with Crippen molar-refractivity contribution in [1.29, 1.82) is 0 Å². The number of rotatable bonds is 4. The van der Waals surface area contributed by atoms with Crippen molar-refractivity contribution in [3.8, 4) is 5.75 Å². The van der Waals surface area contributed by atoms with Crippen LogP contribution in [-0.4, -0.2) is 69.8 Å².